The van der Waals surface area contributed by atoms with Crippen LogP contribution in [-0.2, 0) is 11.6 Å². The highest BCUT2D eigenvalue weighted by Crippen LogP contribution is 2.43. The highest BCUT2D eigenvalue weighted by atomic mass is 79.9. The Kier molecular flexibility index (Phi) is 8.60. The summed E-state index contributed by atoms with van der Waals surface area (Å²) >= 11 is 3.59. The van der Waals surface area contributed by atoms with Crippen molar-refractivity contribution in [2.45, 2.75) is 6.04 Å². The summed E-state index contributed by atoms with van der Waals surface area (Å²) in [5.41, 5.74) is 5.79. The Morgan fingerprint density at radius 2 is 1.79 bits per heavy atom. The lowest BCUT2D eigenvalue weighted by molar-refractivity contribution is 0.138. The number of rotatable bonds is 9. The molecule has 47 heavy (non-hydrogen) atoms. The van der Waals surface area contributed by atoms with Crippen molar-refractivity contribution in [3.8, 4) is 16.9 Å². The van der Waals surface area contributed by atoms with Crippen LogP contribution in [0, 0.1) is 0 Å². The molecule has 0 amide bonds. The van der Waals surface area contributed by atoms with Crippen molar-refractivity contribution in [2.75, 3.05) is 75.2 Å². The molecule has 2 aromatic carbocycles. The van der Waals surface area contributed by atoms with E-state index < -0.39 is 7.14 Å². The summed E-state index contributed by atoms with van der Waals surface area (Å²) in [6, 6.07) is 8.52. The molecule has 0 unspecified atom stereocenters. The lowest BCUT2D eigenvalue weighted by Gasteiger charge is -2.44. The van der Waals surface area contributed by atoms with Crippen LogP contribution in [0.15, 0.2) is 59.7 Å². The predicted molar refractivity (Wildman–Crippen MR) is 191 cm³/mol. The van der Waals surface area contributed by atoms with Crippen molar-refractivity contribution in [1.29, 1.82) is 0 Å². The second-order valence-corrected chi connectivity index (χ2v) is 16.2. The smallest absolute Gasteiger partial charge is 0.229 e. The topological polar surface area (TPSA) is 138 Å². The summed E-state index contributed by atoms with van der Waals surface area (Å²) in [6.07, 6.45) is 8.82. The van der Waals surface area contributed by atoms with Crippen molar-refractivity contribution < 1.29 is 9.30 Å². The first kappa shape index (κ1) is 31.5. The minimum atomic E-state index is -2.76. The molecule has 7 rings (SSSR count). The molecular formula is C32H37BrN11O2P. The van der Waals surface area contributed by atoms with Gasteiger partial charge in [-0.2, -0.15) is 10.1 Å². The molecule has 0 atom stereocenters. The van der Waals surface area contributed by atoms with Crippen molar-refractivity contribution in [1.82, 2.24) is 39.9 Å². The van der Waals surface area contributed by atoms with Gasteiger partial charge in [-0.1, -0.05) is 0 Å². The lowest BCUT2D eigenvalue weighted by atomic mass is 10.0. The average Bonchev–Trinajstić information content (AvgIpc) is 3.47. The maximum atomic E-state index is 13.5. The van der Waals surface area contributed by atoms with Crippen LogP contribution in [0.25, 0.3) is 22.2 Å². The van der Waals surface area contributed by atoms with Crippen molar-refractivity contribution in [2.24, 2.45) is 7.05 Å². The third kappa shape index (κ3) is 6.42. The Hall–Kier alpha value is -4.10. The Morgan fingerprint density at radius 1 is 1.00 bits per heavy atom. The second kappa shape index (κ2) is 12.8. The van der Waals surface area contributed by atoms with Gasteiger partial charge >= 0.3 is 0 Å². The summed E-state index contributed by atoms with van der Waals surface area (Å²) in [6.45, 7) is 9.48. The molecule has 13 nitrogen and oxygen atoms in total. The van der Waals surface area contributed by atoms with Gasteiger partial charge in [0.2, 0.25) is 5.95 Å². The van der Waals surface area contributed by atoms with Crippen molar-refractivity contribution in [3.05, 3.63) is 59.7 Å². The Balaban J connectivity index is 1.21. The third-order valence-electron chi connectivity index (χ3n) is 8.66. The fraction of sp³-hybridized carbons (Fsp3) is 0.344. The highest BCUT2D eigenvalue weighted by Gasteiger charge is 2.29. The van der Waals surface area contributed by atoms with E-state index in [9.17, 15) is 4.57 Å². The van der Waals surface area contributed by atoms with E-state index in [-0.39, 0.29) is 0 Å². The van der Waals surface area contributed by atoms with Gasteiger partial charge < -0.3 is 30.2 Å². The molecule has 0 saturated carbocycles. The van der Waals surface area contributed by atoms with Crippen LogP contribution in [0.2, 0.25) is 0 Å². The van der Waals surface area contributed by atoms with Crippen LogP contribution in [-0.4, -0.2) is 100 Å². The number of hydrogen-bond donors (Lipinski definition) is 3. The van der Waals surface area contributed by atoms with Gasteiger partial charge in [0.05, 0.1) is 40.0 Å². The molecule has 3 aromatic heterocycles. The summed E-state index contributed by atoms with van der Waals surface area (Å²) in [7, 11) is 0.831. The quantitative estimate of drug-likeness (QED) is 0.186. The van der Waals surface area contributed by atoms with E-state index in [4.69, 9.17) is 9.72 Å². The first-order valence-electron chi connectivity index (χ1n) is 15.4. The molecule has 3 N–H and O–H groups in total. The van der Waals surface area contributed by atoms with Crippen LogP contribution in [0.1, 0.15) is 0 Å². The van der Waals surface area contributed by atoms with Gasteiger partial charge in [0, 0.05) is 100 Å². The number of ether oxygens (including phenoxy) is 1. The lowest BCUT2D eigenvalue weighted by Crippen LogP contribution is -2.61. The standard InChI is InChI=1S/C32H37BrN11O2P/c1-42-19-20(15-38-42)22-13-26(28(46-2)14-27(22)44-11-9-43(10-12-44)21-16-34-17-21)40-32-37-18-23(33)31(41-32)39-25-6-5-24-29(36-8-7-35-24)30(25)47(3,4)45/h5-8,13-15,18-19,21,34H,9-12,16-17H2,1-4H3,(H2,37,39,40,41). The third-order valence-corrected chi connectivity index (χ3v) is 10.8. The minimum absolute atomic E-state index is 0.361. The zero-order valence-electron chi connectivity index (χ0n) is 26.7. The predicted octanol–water partition coefficient (Wildman–Crippen LogP) is 4.42. The van der Waals surface area contributed by atoms with E-state index >= 15 is 0 Å². The fourth-order valence-corrected chi connectivity index (χ4v) is 7.86. The monoisotopic (exact) mass is 717 g/mol. The number of aryl methyl sites for hydroxylation is 1. The van der Waals surface area contributed by atoms with E-state index in [1.54, 1.807) is 39.0 Å². The van der Waals surface area contributed by atoms with Gasteiger partial charge in [-0.25, -0.2) is 4.98 Å². The number of methoxy groups -OCH3 is 1. The SMILES string of the molecule is COc1cc(N2CCN(C3CNC3)CC2)c(-c2cnn(C)c2)cc1Nc1ncc(Br)c(Nc2ccc3nccnc3c2P(C)(C)=O)n1. The van der Waals surface area contributed by atoms with E-state index in [1.165, 1.54) is 0 Å². The number of anilines is 5. The molecule has 2 aliphatic rings. The maximum Gasteiger partial charge on any atom is 0.229 e. The number of benzene rings is 2. The van der Waals surface area contributed by atoms with Gasteiger partial charge in [-0.15, -0.1) is 0 Å². The number of halogens is 1. The van der Waals surface area contributed by atoms with Crippen molar-refractivity contribution in [3.63, 3.8) is 0 Å². The number of nitrogens with zero attached hydrogens (tertiary/aromatic N) is 8. The molecule has 0 spiro atoms. The average molecular weight is 719 g/mol. The molecule has 5 heterocycles. The summed E-state index contributed by atoms with van der Waals surface area (Å²) in [4.78, 5) is 23.3. The maximum absolute atomic E-state index is 13.5. The van der Waals surface area contributed by atoms with Gasteiger partial charge in [-0.05, 0) is 47.5 Å². The Bertz CT molecular complexity index is 1990. The highest BCUT2D eigenvalue weighted by molar-refractivity contribution is 9.10. The van der Waals surface area contributed by atoms with Crippen LogP contribution < -0.4 is 30.9 Å². The van der Waals surface area contributed by atoms with E-state index in [0.29, 0.717) is 50.1 Å². The molecule has 2 aliphatic heterocycles. The normalized spacial score (nSPS) is 15.9. The number of fused-ring (bicyclic) bond motifs is 1. The molecule has 2 saturated heterocycles. The van der Waals surface area contributed by atoms with E-state index in [1.807, 2.05) is 36.3 Å². The molecule has 5 aromatic rings. The largest absolute Gasteiger partial charge is 0.494 e. The van der Waals surface area contributed by atoms with Gasteiger partial charge in [0.1, 0.15) is 24.2 Å². The van der Waals surface area contributed by atoms with Crippen LogP contribution in [0.4, 0.5) is 28.8 Å². The molecule has 0 radical (unpaired) electrons. The molecule has 244 valence electrons. The Morgan fingerprint density at radius 3 is 2.47 bits per heavy atom. The Labute approximate surface area is 281 Å². The molecule has 0 bridgehead atoms. The van der Waals surface area contributed by atoms with Crippen LogP contribution >= 0.6 is 23.1 Å². The van der Waals surface area contributed by atoms with E-state index in [0.717, 1.165) is 61.8 Å². The van der Waals surface area contributed by atoms with Gasteiger partial charge in [-0.3, -0.25) is 19.5 Å². The fourth-order valence-electron chi connectivity index (χ4n) is 6.18. The molecular weight excluding hydrogens is 681 g/mol. The first-order chi connectivity index (χ1) is 22.7. The number of aromatic nitrogens is 6. The number of piperazine rings is 1. The molecule has 15 heteroatoms. The number of hydrogen-bond acceptors (Lipinski definition) is 12. The van der Waals surface area contributed by atoms with Gasteiger partial charge in [0.25, 0.3) is 0 Å². The van der Waals surface area contributed by atoms with E-state index in [2.05, 4.69) is 73.9 Å². The van der Waals surface area contributed by atoms with Crippen LogP contribution in [0.3, 0.4) is 0 Å². The minimum Gasteiger partial charge on any atom is -0.494 e. The first-order valence-corrected chi connectivity index (χ1v) is 18.8. The summed E-state index contributed by atoms with van der Waals surface area (Å²) in [5, 5.41) is 15.2. The zero-order valence-corrected chi connectivity index (χ0v) is 29.2. The van der Waals surface area contributed by atoms with Gasteiger partial charge in [0.15, 0.2) is 0 Å². The number of nitrogens with one attached hydrogen (secondary N) is 3. The second-order valence-electron chi connectivity index (χ2n) is 12.2. The molecule has 2 fully saturated rings. The summed E-state index contributed by atoms with van der Waals surface area (Å²) < 4.78 is 21.8. The summed E-state index contributed by atoms with van der Waals surface area (Å²) in [5.74, 6) is 1.54. The van der Waals surface area contributed by atoms with Crippen molar-refractivity contribution >= 4 is 68.2 Å². The molecule has 0 aliphatic carbocycles. The van der Waals surface area contributed by atoms with Crippen LogP contribution in [0.5, 0.6) is 5.75 Å². The zero-order chi connectivity index (χ0) is 32.7.